The van der Waals surface area contributed by atoms with E-state index in [0.717, 1.165) is 42.9 Å². The Hall–Kier alpha value is -0.0800. The number of methoxy groups -OCH3 is 1. The van der Waals surface area contributed by atoms with Crippen molar-refractivity contribution in [1.82, 2.24) is 5.32 Å². The second-order valence-corrected chi connectivity index (χ2v) is 5.31. The lowest BCUT2D eigenvalue weighted by Crippen LogP contribution is -2.24. The predicted octanol–water partition coefficient (Wildman–Crippen LogP) is 1.66. The Morgan fingerprint density at radius 2 is 1.93 bits per heavy atom. The second kappa shape index (κ2) is 3.49. The molecule has 0 aromatic heterocycles. The second-order valence-electron chi connectivity index (χ2n) is 5.31. The topological polar surface area (TPSA) is 21.3 Å². The minimum absolute atomic E-state index is 0.901. The maximum Gasteiger partial charge on any atom is 0.0474 e. The molecule has 4 unspecified atom stereocenters. The molecule has 3 fully saturated rings. The molecule has 80 valence electrons. The van der Waals surface area contributed by atoms with Gasteiger partial charge in [0.05, 0.1) is 0 Å². The molecule has 3 saturated carbocycles. The van der Waals surface area contributed by atoms with E-state index in [1.807, 2.05) is 0 Å². The molecule has 14 heavy (non-hydrogen) atoms. The number of fused-ring (bicyclic) bond motifs is 5. The first-order valence-electron chi connectivity index (χ1n) is 6.14. The van der Waals surface area contributed by atoms with E-state index >= 15 is 0 Å². The van der Waals surface area contributed by atoms with E-state index in [9.17, 15) is 0 Å². The van der Waals surface area contributed by atoms with Gasteiger partial charge >= 0.3 is 0 Å². The summed E-state index contributed by atoms with van der Waals surface area (Å²) in [6.45, 7) is 2.06. The third-order valence-corrected chi connectivity index (χ3v) is 4.64. The molecule has 0 amide bonds. The fraction of sp³-hybridized carbons (Fsp3) is 1.00. The van der Waals surface area contributed by atoms with Gasteiger partial charge in [-0.25, -0.2) is 0 Å². The maximum atomic E-state index is 5.05. The van der Waals surface area contributed by atoms with Gasteiger partial charge in [-0.05, 0) is 55.9 Å². The zero-order valence-corrected chi connectivity index (χ0v) is 9.04. The normalized spacial score (nSPS) is 48.2. The summed E-state index contributed by atoms with van der Waals surface area (Å²) < 4.78 is 5.05. The van der Waals surface area contributed by atoms with Crippen molar-refractivity contribution < 1.29 is 4.74 Å². The first kappa shape index (κ1) is 9.17. The van der Waals surface area contributed by atoms with Crippen molar-refractivity contribution in [3.05, 3.63) is 0 Å². The number of hydrogen-bond acceptors (Lipinski definition) is 2. The van der Waals surface area contributed by atoms with Crippen molar-refractivity contribution in [3.63, 3.8) is 0 Å². The Kier molecular flexibility index (Phi) is 2.29. The minimum Gasteiger partial charge on any atom is -0.385 e. The van der Waals surface area contributed by atoms with E-state index in [2.05, 4.69) is 5.32 Å². The first-order valence-corrected chi connectivity index (χ1v) is 6.14. The summed E-state index contributed by atoms with van der Waals surface area (Å²) in [6.07, 6.45) is 5.79. The molecule has 2 nitrogen and oxygen atoms in total. The maximum absolute atomic E-state index is 5.05. The lowest BCUT2D eigenvalue weighted by Gasteiger charge is -2.09. The van der Waals surface area contributed by atoms with E-state index < -0.39 is 0 Å². The van der Waals surface area contributed by atoms with E-state index in [-0.39, 0.29) is 0 Å². The van der Waals surface area contributed by atoms with Crippen LogP contribution in [0.2, 0.25) is 0 Å². The standard InChI is InChI=1S/C12H21NO/c1-14-6-2-5-13-12-10-8-3-4-9(7-8)11(10)12/h8-13H,2-7H2,1H3. The molecular formula is C12H21NO. The summed E-state index contributed by atoms with van der Waals surface area (Å²) >= 11 is 0. The van der Waals surface area contributed by atoms with Gasteiger partial charge in [0.15, 0.2) is 0 Å². The van der Waals surface area contributed by atoms with Gasteiger partial charge in [0.1, 0.15) is 0 Å². The minimum atomic E-state index is 0.901. The van der Waals surface area contributed by atoms with Crippen LogP contribution in [-0.4, -0.2) is 26.3 Å². The van der Waals surface area contributed by atoms with E-state index in [1.54, 1.807) is 13.5 Å². The smallest absolute Gasteiger partial charge is 0.0474 e. The summed E-state index contributed by atoms with van der Waals surface area (Å²) in [4.78, 5) is 0. The van der Waals surface area contributed by atoms with Crippen LogP contribution in [0.25, 0.3) is 0 Å². The highest BCUT2D eigenvalue weighted by molar-refractivity contribution is 5.16. The van der Waals surface area contributed by atoms with Crippen molar-refractivity contribution in [3.8, 4) is 0 Å². The zero-order chi connectivity index (χ0) is 9.54. The monoisotopic (exact) mass is 195 g/mol. The SMILES string of the molecule is COCCCNC1C2C3CCC(C3)C12. The summed E-state index contributed by atoms with van der Waals surface area (Å²) in [6, 6.07) is 0.901. The first-order chi connectivity index (χ1) is 6.92. The van der Waals surface area contributed by atoms with Crippen molar-refractivity contribution in [2.24, 2.45) is 23.7 Å². The summed E-state index contributed by atoms with van der Waals surface area (Å²) in [5, 5.41) is 3.71. The highest BCUT2D eigenvalue weighted by atomic mass is 16.5. The fourth-order valence-corrected chi connectivity index (χ4v) is 4.08. The Morgan fingerprint density at radius 1 is 1.21 bits per heavy atom. The van der Waals surface area contributed by atoms with Gasteiger partial charge in [-0.15, -0.1) is 0 Å². The van der Waals surface area contributed by atoms with Crippen molar-refractivity contribution in [1.29, 1.82) is 0 Å². The van der Waals surface area contributed by atoms with Crippen molar-refractivity contribution in [2.45, 2.75) is 31.7 Å². The molecule has 0 saturated heterocycles. The lowest BCUT2D eigenvalue weighted by molar-refractivity contribution is 0.193. The summed E-state index contributed by atoms with van der Waals surface area (Å²) in [7, 11) is 1.78. The van der Waals surface area contributed by atoms with Gasteiger partial charge in [-0.3, -0.25) is 0 Å². The largest absolute Gasteiger partial charge is 0.385 e. The van der Waals surface area contributed by atoms with Gasteiger partial charge in [0, 0.05) is 19.8 Å². The molecule has 0 spiro atoms. The number of ether oxygens (including phenoxy) is 1. The van der Waals surface area contributed by atoms with E-state index in [1.165, 1.54) is 19.3 Å². The van der Waals surface area contributed by atoms with Crippen LogP contribution in [0.15, 0.2) is 0 Å². The molecule has 0 aliphatic heterocycles. The number of rotatable bonds is 5. The van der Waals surface area contributed by atoms with Crippen LogP contribution in [-0.2, 0) is 4.74 Å². The Morgan fingerprint density at radius 3 is 2.57 bits per heavy atom. The Balaban J connectivity index is 1.41. The van der Waals surface area contributed by atoms with Crippen LogP contribution in [0.3, 0.4) is 0 Å². The average Bonchev–Trinajstić information content (AvgIpc) is 2.60. The zero-order valence-electron chi connectivity index (χ0n) is 9.04. The molecule has 2 heteroatoms. The average molecular weight is 195 g/mol. The molecule has 3 aliphatic carbocycles. The fourth-order valence-electron chi connectivity index (χ4n) is 4.08. The Bertz CT molecular complexity index is 202. The van der Waals surface area contributed by atoms with E-state index in [0.29, 0.717) is 0 Å². The van der Waals surface area contributed by atoms with Crippen LogP contribution < -0.4 is 5.32 Å². The molecule has 1 N–H and O–H groups in total. The van der Waals surface area contributed by atoms with Crippen LogP contribution in [0, 0.1) is 23.7 Å². The van der Waals surface area contributed by atoms with Gasteiger partial charge in [-0.2, -0.15) is 0 Å². The number of nitrogens with one attached hydrogen (secondary N) is 1. The molecule has 2 bridgehead atoms. The van der Waals surface area contributed by atoms with Crippen molar-refractivity contribution in [2.75, 3.05) is 20.3 Å². The quantitative estimate of drug-likeness (QED) is 0.674. The van der Waals surface area contributed by atoms with Crippen LogP contribution >= 0.6 is 0 Å². The summed E-state index contributed by atoms with van der Waals surface area (Å²) in [5.74, 6) is 4.36. The molecule has 0 heterocycles. The predicted molar refractivity (Wildman–Crippen MR) is 56.1 cm³/mol. The molecule has 3 rings (SSSR count). The third-order valence-electron chi connectivity index (χ3n) is 4.64. The third kappa shape index (κ3) is 1.31. The van der Waals surface area contributed by atoms with Crippen LogP contribution in [0.1, 0.15) is 25.7 Å². The summed E-state index contributed by atoms with van der Waals surface area (Å²) in [5.41, 5.74) is 0. The molecular weight excluding hydrogens is 174 g/mol. The Labute approximate surface area is 86.4 Å². The van der Waals surface area contributed by atoms with Gasteiger partial charge in [0.25, 0.3) is 0 Å². The van der Waals surface area contributed by atoms with Gasteiger partial charge in [0.2, 0.25) is 0 Å². The van der Waals surface area contributed by atoms with Gasteiger partial charge < -0.3 is 10.1 Å². The van der Waals surface area contributed by atoms with Crippen LogP contribution in [0.5, 0.6) is 0 Å². The van der Waals surface area contributed by atoms with E-state index in [4.69, 9.17) is 4.74 Å². The number of hydrogen-bond donors (Lipinski definition) is 1. The molecule has 0 aromatic rings. The molecule has 0 radical (unpaired) electrons. The molecule has 0 aromatic carbocycles. The lowest BCUT2D eigenvalue weighted by atomic mass is 10.0. The van der Waals surface area contributed by atoms with Crippen LogP contribution in [0.4, 0.5) is 0 Å². The van der Waals surface area contributed by atoms with Crippen molar-refractivity contribution >= 4 is 0 Å². The highest BCUT2D eigenvalue weighted by Gasteiger charge is 2.64. The molecule has 4 atom stereocenters. The molecule has 3 aliphatic rings. The van der Waals surface area contributed by atoms with Gasteiger partial charge in [-0.1, -0.05) is 0 Å². The highest BCUT2D eigenvalue weighted by Crippen LogP contribution is 2.65.